The van der Waals surface area contributed by atoms with Gasteiger partial charge in [0.25, 0.3) is 0 Å². The summed E-state index contributed by atoms with van der Waals surface area (Å²) in [6.07, 6.45) is 3.01. The minimum atomic E-state index is -0.415. The molecule has 3 heteroatoms. The molecule has 1 aromatic carbocycles. The Bertz CT molecular complexity index is 550. The van der Waals surface area contributed by atoms with Crippen molar-refractivity contribution in [2.75, 3.05) is 0 Å². The fourth-order valence-corrected chi connectivity index (χ4v) is 1.37. The molecule has 1 heterocycles. The van der Waals surface area contributed by atoms with Crippen LogP contribution in [0.3, 0.4) is 0 Å². The average molecular weight is 213 g/mol. The highest BCUT2D eigenvalue weighted by molar-refractivity contribution is 5.88. The van der Waals surface area contributed by atoms with Gasteiger partial charge in [0, 0.05) is 5.56 Å². The summed E-state index contributed by atoms with van der Waals surface area (Å²) in [5.41, 5.74) is 0.523. The van der Waals surface area contributed by atoms with Crippen LogP contribution in [0.4, 0.5) is 4.39 Å². The number of hydrogen-bond donors (Lipinski definition) is 0. The van der Waals surface area contributed by atoms with Crippen LogP contribution in [0.1, 0.15) is 11.3 Å². The molecule has 78 valence electrons. The van der Waals surface area contributed by atoms with E-state index in [4.69, 9.17) is 9.68 Å². The van der Waals surface area contributed by atoms with E-state index >= 15 is 0 Å². The Morgan fingerprint density at radius 2 is 2.06 bits per heavy atom. The fraction of sp³-hybridized carbons (Fsp3) is 0. The fourth-order valence-electron chi connectivity index (χ4n) is 1.37. The molecule has 2 aromatic rings. The molecule has 16 heavy (non-hydrogen) atoms. The molecule has 1 aromatic heterocycles. The van der Waals surface area contributed by atoms with E-state index in [2.05, 4.69) is 0 Å². The number of halogens is 1. The standard InChI is InChI=1S/C13H8FNO/c14-13-6-2-1-5-12(13)10(9-15)8-11-4-3-7-16-11/h1-8H/b10-8-. The number of rotatable bonds is 2. The van der Waals surface area contributed by atoms with Crippen molar-refractivity contribution in [2.24, 2.45) is 0 Å². The van der Waals surface area contributed by atoms with Crippen LogP contribution in [0.5, 0.6) is 0 Å². The van der Waals surface area contributed by atoms with Gasteiger partial charge in [0.05, 0.1) is 17.9 Å². The first kappa shape index (κ1) is 10.2. The topological polar surface area (TPSA) is 36.9 Å². The first-order valence-corrected chi connectivity index (χ1v) is 4.71. The second-order valence-corrected chi connectivity index (χ2v) is 3.17. The Balaban J connectivity index is 2.46. The molecule has 0 radical (unpaired) electrons. The highest BCUT2D eigenvalue weighted by Gasteiger charge is 2.07. The van der Waals surface area contributed by atoms with Crippen molar-refractivity contribution in [1.29, 1.82) is 5.26 Å². The first-order chi connectivity index (χ1) is 7.81. The van der Waals surface area contributed by atoms with Gasteiger partial charge < -0.3 is 4.42 Å². The third-order valence-corrected chi connectivity index (χ3v) is 2.11. The SMILES string of the molecule is N#C/C(=C/c1ccco1)c1ccccc1F. The van der Waals surface area contributed by atoms with E-state index in [-0.39, 0.29) is 11.1 Å². The van der Waals surface area contributed by atoms with Gasteiger partial charge in [0.15, 0.2) is 0 Å². The van der Waals surface area contributed by atoms with Crippen molar-refractivity contribution in [3.8, 4) is 6.07 Å². The van der Waals surface area contributed by atoms with Gasteiger partial charge in [-0.25, -0.2) is 4.39 Å². The third kappa shape index (κ3) is 2.01. The summed E-state index contributed by atoms with van der Waals surface area (Å²) < 4.78 is 18.5. The van der Waals surface area contributed by atoms with Crippen LogP contribution in [0.25, 0.3) is 11.6 Å². The maximum Gasteiger partial charge on any atom is 0.131 e. The molecule has 0 atom stereocenters. The molecule has 0 aliphatic heterocycles. The van der Waals surface area contributed by atoms with Gasteiger partial charge in [-0.05, 0) is 24.3 Å². The van der Waals surface area contributed by atoms with E-state index in [0.29, 0.717) is 5.76 Å². The van der Waals surface area contributed by atoms with Crippen molar-refractivity contribution in [1.82, 2.24) is 0 Å². The number of benzene rings is 1. The van der Waals surface area contributed by atoms with E-state index in [0.717, 1.165) is 0 Å². The summed E-state index contributed by atoms with van der Waals surface area (Å²) in [6, 6.07) is 11.5. The third-order valence-electron chi connectivity index (χ3n) is 2.11. The molecule has 0 spiro atoms. The Hall–Kier alpha value is -2.34. The lowest BCUT2D eigenvalue weighted by atomic mass is 10.1. The van der Waals surface area contributed by atoms with Crippen molar-refractivity contribution < 1.29 is 8.81 Å². The van der Waals surface area contributed by atoms with E-state index in [9.17, 15) is 4.39 Å². The quantitative estimate of drug-likeness (QED) is 0.716. The largest absolute Gasteiger partial charge is 0.465 e. The van der Waals surface area contributed by atoms with Gasteiger partial charge in [0.1, 0.15) is 11.6 Å². The summed E-state index contributed by atoms with van der Waals surface area (Å²) >= 11 is 0. The van der Waals surface area contributed by atoms with Crippen LogP contribution in [0, 0.1) is 17.1 Å². The zero-order valence-electron chi connectivity index (χ0n) is 8.35. The predicted octanol–water partition coefficient (Wildman–Crippen LogP) is 3.48. The van der Waals surface area contributed by atoms with Crippen LogP contribution >= 0.6 is 0 Å². The van der Waals surface area contributed by atoms with Gasteiger partial charge >= 0.3 is 0 Å². The highest BCUT2D eigenvalue weighted by atomic mass is 19.1. The van der Waals surface area contributed by atoms with Crippen LogP contribution in [0.2, 0.25) is 0 Å². The lowest BCUT2D eigenvalue weighted by molar-refractivity contribution is 0.557. The van der Waals surface area contributed by atoms with E-state index < -0.39 is 5.82 Å². The number of nitrogens with zero attached hydrogens (tertiary/aromatic N) is 1. The van der Waals surface area contributed by atoms with Crippen LogP contribution < -0.4 is 0 Å². The maximum atomic E-state index is 13.4. The highest BCUT2D eigenvalue weighted by Crippen LogP contribution is 2.20. The van der Waals surface area contributed by atoms with Gasteiger partial charge in [-0.15, -0.1) is 0 Å². The molecular formula is C13H8FNO. The number of furan rings is 1. The minimum absolute atomic E-state index is 0.244. The van der Waals surface area contributed by atoms with E-state index in [1.165, 1.54) is 18.4 Å². The van der Waals surface area contributed by atoms with Crippen LogP contribution in [0.15, 0.2) is 47.1 Å². The Morgan fingerprint density at radius 3 is 2.69 bits per heavy atom. The smallest absolute Gasteiger partial charge is 0.131 e. The number of allylic oxidation sites excluding steroid dienone is 1. The molecule has 2 nitrogen and oxygen atoms in total. The first-order valence-electron chi connectivity index (χ1n) is 4.71. The number of nitriles is 1. The van der Waals surface area contributed by atoms with Crippen LogP contribution in [-0.2, 0) is 0 Å². The Labute approximate surface area is 92.2 Å². The second kappa shape index (κ2) is 4.45. The van der Waals surface area contributed by atoms with Gasteiger partial charge in [-0.2, -0.15) is 5.26 Å². The molecule has 0 aliphatic carbocycles. The van der Waals surface area contributed by atoms with E-state index in [1.807, 2.05) is 6.07 Å². The normalized spacial score (nSPS) is 11.1. The molecule has 2 rings (SSSR count). The Morgan fingerprint density at radius 1 is 1.25 bits per heavy atom. The summed E-state index contributed by atoms with van der Waals surface area (Å²) in [4.78, 5) is 0. The van der Waals surface area contributed by atoms with Gasteiger partial charge in [-0.3, -0.25) is 0 Å². The molecule has 0 fully saturated rings. The van der Waals surface area contributed by atoms with Crippen molar-refractivity contribution >= 4 is 11.6 Å². The minimum Gasteiger partial charge on any atom is -0.465 e. The second-order valence-electron chi connectivity index (χ2n) is 3.17. The molecule has 0 N–H and O–H groups in total. The maximum absolute atomic E-state index is 13.4. The Kier molecular flexibility index (Phi) is 2.84. The van der Waals surface area contributed by atoms with Gasteiger partial charge in [-0.1, -0.05) is 18.2 Å². The molecule has 0 bridgehead atoms. The number of hydrogen-bond acceptors (Lipinski definition) is 2. The average Bonchev–Trinajstić information content (AvgIpc) is 2.80. The molecule has 0 amide bonds. The lowest BCUT2D eigenvalue weighted by Gasteiger charge is -1.99. The van der Waals surface area contributed by atoms with Crippen LogP contribution in [-0.4, -0.2) is 0 Å². The van der Waals surface area contributed by atoms with Crippen molar-refractivity contribution in [3.05, 3.63) is 59.8 Å². The summed E-state index contributed by atoms with van der Waals surface area (Å²) in [5.74, 6) is 0.113. The monoisotopic (exact) mass is 213 g/mol. The van der Waals surface area contributed by atoms with Crippen molar-refractivity contribution in [2.45, 2.75) is 0 Å². The summed E-state index contributed by atoms with van der Waals surface area (Å²) in [6.45, 7) is 0. The zero-order chi connectivity index (χ0) is 11.4. The molecule has 0 saturated carbocycles. The van der Waals surface area contributed by atoms with Gasteiger partial charge in [0.2, 0.25) is 0 Å². The van der Waals surface area contributed by atoms with Crippen molar-refractivity contribution in [3.63, 3.8) is 0 Å². The van der Waals surface area contributed by atoms with E-state index in [1.54, 1.807) is 30.3 Å². The predicted molar refractivity (Wildman–Crippen MR) is 58.6 cm³/mol. The molecule has 0 aliphatic rings. The summed E-state index contributed by atoms with van der Waals surface area (Å²) in [5, 5.41) is 8.98. The summed E-state index contributed by atoms with van der Waals surface area (Å²) in [7, 11) is 0. The molecular weight excluding hydrogens is 205 g/mol. The molecule has 0 unspecified atom stereocenters. The molecule has 0 saturated heterocycles. The lowest BCUT2D eigenvalue weighted by Crippen LogP contribution is -1.86. The zero-order valence-corrected chi connectivity index (χ0v) is 8.35.